The van der Waals surface area contributed by atoms with Crippen molar-refractivity contribution in [3.63, 3.8) is 0 Å². The Morgan fingerprint density at radius 3 is 2.84 bits per heavy atom. The molecule has 0 radical (unpaired) electrons. The van der Waals surface area contributed by atoms with Gasteiger partial charge in [0.05, 0.1) is 5.56 Å². The van der Waals surface area contributed by atoms with Crippen LogP contribution in [0, 0.1) is 0 Å². The maximum atomic E-state index is 9.72. The van der Waals surface area contributed by atoms with E-state index in [0.29, 0.717) is 11.6 Å². The molecule has 0 aliphatic carbocycles. The zero-order chi connectivity index (χ0) is 13.4. The van der Waals surface area contributed by atoms with Gasteiger partial charge in [-0.05, 0) is 18.2 Å². The molecule has 0 saturated carbocycles. The van der Waals surface area contributed by atoms with Gasteiger partial charge in [-0.2, -0.15) is 4.98 Å². The first-order valence-corrected chi connectivity index (χ1v) is 5.49. The predicted molar refractivity (Wildman–Crippen MR) is 65.3 cm³/mol. The number of imidazole rings is 1. The third kappa shape index (κ3) is 1.90. The normalized spacial score (nSPS) is 10.8. The van der Waals surface area contributed by atoms with Crippen molar-refractivity contribution in [1.82, 2.24) is 19.7 Å². The molecular weight excluding hydrogens is 248 g/mol. The van der Waals surface area contributed by atoms with Crippen molar-refractivity contribution in [2.24, 2.45) is 7.05 Å². The van der Waals surface area contributed by atoms with Gasteiger partial charge in [-0.3, -0.25) is 0 Å². The Hall–Kier alpha value is -2.83. The summed E-state index contributed by atoms with van der Waals surface area (Å²) in [5, 5.41) is 22.9. The van der Waals surface area contributed by atoms with Gasteiger partial charge in [-0.25, -0.2) is 4.98 Å². The summed E-state index contributed by atoms with van der Waals surface area (Å²) >= 11 is 0. The summed E-state index contributed by atoms with van der Waals surface area (Å²) in [6, 6.07) is 4.08. The summed E-state index contributed by atoms with van der Waals surface area (Å²) in [4.78, 5) is 8.25. The van der Waals surface area contributed by atoms with Crippen LogP contribution in [0.15, 0.2) is 35.1 Å². The molecule has 0 spiro atoms. The maximum Gasteiger partial charge on any atom is 0.262 e. The van der Waals surface area contributed by atoms with E-state index in [9.17, 15) is 10.2 Å². The van der Waals surface area contributed by atoms with Crippen LogP contribution >= 0.6 is 0 Å². The first-order valence-electron chi connectivity index (χ1n) is 5.49. The van der Waals surface area contributed by atoms with Gasteiger partial charge in [0.25, 0.3) is 5.89 Å². The number of aromatic nitrogens is 4. The number of phenols is 2. The second-order valence-corrected chi connectivity index (χ2v) is 3.99. The molecule has 2 aromatic heterocycles. The topological polar surface area (TPSA) is 97.2 Å². The number of hydrogen-bond acceptors (Lipinski definition) is 6. The molecule has 0 saturated heterocycles. The molecule has 1 aromatic carbocycles. The second-order valence-electron chi connectivity index (χ2n) is 3.99. The van der Waals surface area contributed by atoms with Gasteiger partial charge in [0, 0.05) is 19.4 Å². The van der Waals surface area contributed by atoms with Crippen molar-refractivity contribution in [3.05, 3.63) is 30.6 Å². The van der Waals surface area contributed by atoms with Crippen molar-refractivity contribution in [1.29, 1.82) is 0 Å². The highest BCUT2D eigenvalue weighted by molar-refractivity contribution is 5.65. The molecule has 0 fully saturated rings. The predicted octanol–water partition coefficient (Wildman–Crippen LogP) is 1.55. The standard InChI is InChI=1S/C12H10N4O3/c1-16-5-4-13-11(16)10-14-12(19-15-10)8-6-7(17)2-3-9(8)18/h2-6,17-18H,1H3. The lowest BCUT2D eigenvalue weighted by Crippen LogP contribution is -1.92. The first kappa shape index (κ1) is 11.3. The van der Waals surface area contributed by atoms with E-state index in [4.69, 9.17) is 4.52 Å². The Morgan fingerprint density at radius 1 is 1.26 bits per heavy atom. The molecule has 0 aliphatic heterocycles. The van der Waals surface area contributed by atoms with E-state index >= 15 is 0 Å². The van der Waals surface area contributed by atoms with Gasteiger partial charge in [0.15, 0.2) is 5.82 Å². The van der Waals surface area contributed by atoms with Crippen LogP contribution in [0.5, 0.6) is 11.5 Å². The summed E-state index contributed by atoms with van der Waals surface area (Å²) in [5.74, 6) is 0.934. The van der Waals surface area contributed by atoms with Crippen LogP contribution in [0.4, 0.5) is 0 Å². The molecule has 19 heavy (non-hydrogen) atoms. The summed E-state index contributed by atoms with van der Waals surface area (Å²) in [7, 11) is 1.81. The summed E-state index contributed by atoms with van der Waals surface area (Å²) in [5.41, 5.74) is 0.271. The van der Waals surface area contributed by atoms with Crippen LogP contribution in [-0.4, -0.2) is 29.9 Å². The lowest BCUT2D eigenvalue weighted by Gasteiger charge is -1.99. The SMILES string of the molecule is Cn1ccnc1-c1noc(-c2cc(O)ccc2O)n1. The van der Waals surface area contributed by atoms with Crippen LogP contribution < -0.4 is 0 Å². The maximum absolute atomic E-state index is 9.72. The molecule has 0 atom stereocenters. The fourth-order valence-electron chi connectivity index (χ4n) is 1.70. The minimum Gasteiger partial charge on any atom is -0.508 e. The van der Waals surface area contributed by atoms with E-state index < -0.39 is 0 Å². The van der Waals surface area contributed by atoms with E-state index in [1.54, 1.807) is 17.0 Å². The number of aryl methyl sites for hydroxylation is 1. The molecule has 0 amide bonds. The van der Waals surface area contributed by atoms with Crippen LogP contribution in [0.2, 0.25) is 0 Å². The van der Waals surface area contributed by atoms with Crippen molar-refractivity contribution < 1.29 is 14.7 Å². The minimum absolute atomic E-state index is 0.00421. The average Bonchev–Trinajstić information content (AvgIpc) is 3.00. The fourth-order valence-corrected chi connectivity index (χ4v) is 1.70. The molecule has 96 valence electrons. The van der Waals surface area contributed by atoms with Gasteiger partial charge in [0.1, 0.15) is 11.5 Å². The van der Waals surface area contributed by atoms with Crippen LogP contribution in [0.3, 0.4) is 0 Å². The third-order valence-corrected chi connectivity index (χ3v) is 2.66. The largest absolute Gasteiger partial charge is 0.508 e. The average molecular weight is 258 g/mol. The first-order chi connectivity index (χ1) is 9.15. The van der Waals surface area contributed by atoms with Crippen molar-refractivity contribution in [2.75, 3.05) is 0 Å². The van der Waals surface area contributed by atoms with E-state index in [-0.39, 0.29) is 23.0 Å². The molecule has 3 rings (SSSR count). The van der Waals surface area contributed by atoms with Gasteiger partial charge in [-0.1, -0.05) is 5.16 Å². The third-order valence-electron chi connectivity index (χ3n) is 2.66. The molecule has 7 heteroatoms. The van der Waals surface area contributed by atoms with E-state index in [0.717, 1.165) is 0 Å². The summed E-state index contributed by atoms with van der Waals surface area (Å²) in [6.45, 7) is 0. The summed E-state index contributed by atoms with van der Waals surface area (Å²) < 4.78 is 6.83. The number of benzene rings is 1. The number of rotatable bonds is 2. The van der Waals surface area contributed by atoms with Gasteiger partial charge >= 0.3 is 0 Å². The molecule has 7 nitrogen and oxygen atoms in total. The smallest absolute Gasteiger partial charge is 0.262 e. The van der Waals surface area contributed by atoms with Gasteiger partial charge in [0.2, 0.25) is 5.82 Å². The Bertz CT molecular complexity index is 732. The lowest BCUT2D eigenvalue weighted by atomic mass is 10.2. The van der Waals surface area contributed by atoms with Crippen LogP contribution in [0.1, 0.15) is 0 Å². The fraction of sp³-hybridized carbons (Fsp3) is 0.0833. The zero-order valence-corrected chi connectivity index (χ0v) is 9.98. The molecule has 0 unspecified atom stereocenters. The highest BCUT2D eigenvalue weighted by Crippen LogP contribution is 2.31. The number of hydrogen-bond donors (Lipinski definition) is 2. The Morgan fingerprint density at radius 2 is 2.11 bits per heavy atom. The second kappa shape index (κ2) is 4.13. The molecular formula is C12H10N4O3. The van der Waals surface area contributed by atoms with Crippen molar-refractivity contribution in [3.8, 4) is 34.6 Å². The molecule has 0 aliphatic rings. The highest BCUT2D eigenvalue weighted by atomic mass is 16.5. The zero-order valence-electron chi connectivity index (χ0n) is 9.98. The van der Waals surface area contributed by atoms with E-state index in [2.05, 4.69) is 15.1 Å². The van der Waals surface area contributed by atoms with Gasteiger partial charge in [-0.15, -0.1) is 0 Å². The quantitative estimate of drug-likeness (QED) is 0.677. The molecule has 2 heterocycles. The van der Waals surface area contributed by atoms with E-state index in [1.807, 2.05) is 7.05 Å². The highest BCUT2D eigenvalue weighted by Gasteiger charge is 2.16. The number of nitrogens with zero attached hydrogens (tertiary/aromatic N) is 4. The van der Waals surface area contributed by atoms with Crippen molar-refractivity contribution in [2.45, 2.75) is 0 Å². The monoisotopic (exact) mass is 258 g/mol. The van der Waals surface area contributed by atoms with Crippen molar-refractivity contribution >= 4 is 0 Å². The number of aromatic hydroxyl groups is 2. The molecule has 2 N–H and O–H groups in total. The van der Waals surface area contributed by atoms with Crippen LogP contribution in [0.25, 0.3) is 23.1 Å². The van der Waals surface area contributed by atoms with Crippen LogP contribution in [-0.2, 0) is 7.05 Å². The minimum atomic E-state index is -0.0483. The Labute approximate surface area is 107 Å². The van der Waals surface area contributed by atoms with E-state index in [1.165, 1.54) is 18.2 Å². The molecule has 0 bridgehead atoms. The van der Waals surface area contributed by atoms with Gasteiger partial charge < -0.3 is 19.3 Å². The summed E-state index contributed by atoms with van der Waals surface area (Å²) in [6.07, 6.45) is 3.38. The Kier molecular flexibility index (Phi) is 2.45. The lowest BCUT2D eigenvalue weighted by molar-refractivity contribution is 0.423. The molecule has 3 aromatic rings. The Balaban J connectivity index is 2.06. The number of phenolic OH excluding ortho intramolecular Hbond substituents is 2.